The van der Waals surface area contributed by atoms with Gasteiger partial charge in [-0.15, -0.1) is 0 Å². The number of aromatic nitrogens is 1. The van der Waals surface area contributed by atoms with E-state index in [2.05, 4.69) is 4.98 Å². The molecule has 0 spiro atoms. The SMILES string of the molecule is O=Cc1cc(C(F)C(=O)O)c[nH]1.[KH]. The van der Waals surface area contributed by atoms with Crippen LogP contribution in [0.5, 0.6) is 0 Å². The molecule has 0 saturated heterocycles. The fourth-order valence-corrected chi connectivity index (χ4v) is 0.787. The normalized spacial score (nSPS) is 11.5. The van der Waals surface area contributed by atoms with E-state index < -0.39 is 12.1 Å². The summed E-state index contributed by atoms with van der Waals surface area (Å²) >= 11 is 0. The van der Waals surface area contributed by atoms with Crippen LogP contribution in [-0.2, 0) is 4.79 Å². The fourth-order valence-electron chi connectivity index (χ4n) is 0.787. The van der Waals surface area contributed by atoms with Gasteiger partial charge in [0.1, 0.15) is 0 Å². The molecular weight excluding hydrogens is 204 g/mol. The van der Waals surface area contributed by atoms with Gasteiger partial charge in [0, 0.05) is 11.8 Å². The zero-order chi connectivity index (χ0) is 9.14. The number of hydrogen-bond donors (Lipinski definition) is 2. The molecule has 0 aliphatic carbocycles. The molecule has 4 nitrogen and oxygen atoms in total. The summed E-state index contributed by atoms with van der Waals surface area (Å²) in [6.45, 7) is 0. The van der Waals surface area contributed by atoms with Gasteiger partial charge in [0.05, 0.1) is 5.69 Å². The quantitative estimate of drug-likeness (QED) is 0.557. The fraction of sp³-hybridized carbons (Fsp3) is 0.143. The van der Waals surface area contributed by atoms with Crippen molar-refractivity contribution in [3.63, 3.8) is 0 Å². The number of halogens is 1. The van der Waals surface area contributed by atoms with Crippen molar-refractivity contribution in [2.75, 3.05) is 0 Å². The molecule has 1 unspecified atom stereocenters. The second-order valence-corrected chi connectivity index (χ2v) is 2.21. The molecule has 0 amide bonds. The number of alkyl halides is 1. The molecule has 0 radical (unpaired) electrons. The van der Waals surface area contributed by atoms with Crippen LogP contribution in [-0.4, -0.2) is 73.7 Å². The number of H-pyrrole nitrogens is 1. The summed E-state index contributed by atoms with van der Waals surface area (Å²) in [5, 5.41) is 8.24. The third kappa shape index (κ3) is 3.32. The maximum absolute atomic E-state index is 12.7. The van der Waals surface area contributed by atoms with Gasteiger partial charge >= 0.3 is 57.4 Å². The van der Waals surface area contributed by atoms with Gasteiger partial charge in [-0.25, -0.2) is 9.18 Å². The second-order valence-electron chi connectivity index (χ2n) is 2.21. The number of aromatic amines is 1. The Morgan fingerprint density at radius 1 is 1.69 bits per heavy atom. The second kappa shape index (κ2) is 5.66. The van der Waals surface area contributed by atoms with Gasteiger partial charge in [-0.1, -0.05) is 0 Å². The van der Waals surface area contributed by atoms with E-state index >= 15 is 0 Å². The summed E-state index contributed by atoms with van der Waals surface area (Å²) in [6, 6.07) is 1.16. The molecule has 66 valence electrons. The Hall–Kier alpha value is -0.0136. The first-order chi connectivity index (χ1) is 5.65. The van der Waals surface area contributed by atoms with Crippen LogP contribution in [0.2, 0.25) is 0 Å². The van der Waals surface area contributed by atoms with Crippen molar-refractivity contribution in [2.24, 2.45) is 0 Å². The van der Waals surface area contributed by atoms with E-state index in [1.54, 1.807) is 0 Å². The van der Waals surface area contributed by atoms with Crippen molar-refractivity contribution >= 4 is 63.6 Å². The van der Waals surface area contributed by atoms with Crippen LogP contribution in [0.4, 0.5) is 4.39 Å². The monoisotopic (exact) mass is 211 g/mol. The van der Waals surface area contributed by atoms with E-state index in [0.29, 0.717) is 6.29 Å². The Labute approximate surface area is 116 Å². The molecule has 0 fully saturated rings. The van der Waals surface area contributed by atoms with Gasteiger partial charge in [-0.3, -0.25) is 4.79 Å². The van der Waals surface area contributed by atoms with E-state index in [9.17, 15) is 14.0 Å². The van der Waals surface area contributed by atoms with Crippen LogP contribution in [0.15, 0.2) is 12.3 Å². The van der Waals surface area contributed by atoms with Gasteiger partial charge in [-0.2, -0.15) is 0 Å². The zero-order valence-electron chi connectivity index (χ0n) is 5.95. The number of aldehydes is 1. The van der Waals surface area contributed by atoms with E-state index in [1.807, 2.05) is 0 Å². The molecule has 1 atom stereocenters. The summed E-state index contributed by atoms with van der Waals surface area (Å²) in [5.74, 6) is -1.56. The summed E-state index contributed by atoms with van der Waals surface area (Å²) in [7, 11) is 0. The summed E-state index contributed by atoms with van der Waals surface area (Å²) in [5.41, 5.74) is 0.110. The Morgan fingerprint density at radius 3 is 2.69 bits per heavy atom. The standard InChI is InChI=1S/C7H6FNO3.K.H/c8-6(7(11)12)4-1-5(3-10)9-2-4;;/h1-3,6,9H,(H,11,12);;. The van der Waals surface area contributed by atoms with Crippen molar-refractivity contribution in [1.82, 2.24) is 4.98 Å². The molecule has 0 aliphatic rings. The molecule has 2 N–H and O–H groups in total. The van der Waals surface area contributed by atoms with Crippen LogP contribution in [0.25, 0.3) is 0 Å². The van der Waals surface area contributed by atoms with E-state index in [-0.39, 0.29) is 62.6 Å². The Bertz CT molecular complexity index is 312. The molecule has 1 aromatic rings. The van der Waals surface area contributed by atoms with Gasteiger partial charge in [0.2, 0.25) is 6.17 Å². The average molecular weight is 211 g/mol. The first kappa shape index (κ1) is 13.0. The first-order valence-corrected chi connectivity index (χ1v) is 3.15. The number of carbonyl (C=O) groups excluding carboxylic acids is 1. The molecule has 1 rings (SSSR count). The van der Waals surface area contributed by atoms with Crippen molar-refractivity contribution in [1.29, 1.82) is 0 Å². The molecule has 1 aromatic heterocycles. The first-order valence-electron chi connectivity index (χ1n) is 3.15. The minimum absolute atomic E-state index is 0. The van der Waals surface area contributed by atoms with Crippen LogP contribution in [0.3, 0.4) is 0 Å². The number of hydrogen-bond acceptors (Lipinski definition) is 2. The maximum atomic E-state index is 12.7. The van der Waals surface area contributed by atoms with Crippen LogP contribution < -0.4 is 0 Å². The Balaban J connectivity index is 0.00000144. The number of aliphatic carboxylic acids is 1. The van der Waals surface area contributed by atoms with Crippen molar-refractivity contribution in [3.8, 4) is 0 Å². The molecule has 0 bridgehead atoms. The van der Waals surface area contributed by atoms with Gasteiger partial charge in [0.15, 0.2) is 6.29 Å². The molecule has 0 saturated carbocycles. The molecule has 0 aliphatic heterocycles. The number of nitrogens with one attached hydrogen (secondary N) is 1. The van der Waals surface area contributed by atoms with Crippen molar-refractivity contribution < 1.29 is 19.1 Å². The number of carbonyl (C=O) groups is 2. The predicted octanol–water partition coefficient (Wildman–Crippen LogP) is 0.274. The summed E-state index contributed by atoms with van der Waals surface area (Å²) in [4.78, 5) is 22.7. The van der Waals surface area contributed by atoms with Gasteiger partial charge in [-0.05, 0) is 6.07 Å². The average Bonchev–Trinajstić information content (AvgIpc) is 2.50. The Morgan fingerprint density at radius 2 is 2.31 bits per heavy atom. The van der Waals surface area contributed by atoms with E-state index in [1.165, 1.54) is 0 Å². The third-order valence-corrected chi connectivity index (χ3v) is 1.36. The van der Waals surface area contributed by atoms with Crippen molar-refractivity contribution in [2.45, 2.75) is 6.17 Å². The Kier molecular flexibility index (Phi) is 5.66. The van der Waals surface area contributed by atoms with Crippen LogP contribution in [0, 0.1) is 0 Å². The molecule has 6 heteroatoms. The predicted molar refractivity (Wildman–Crippen MR) is 44.8 cm³/mol. The number of carboxylic acids is 1. The van der Waals surface area contributed by atoms with Gasteiger partial charge in [0.25, 0.3) is 0 Å². The van der Waals surface area contributed by atoms with Crippen LogP contribution >= 0.6 is 0 Å². The number of rotatable bonds is 3. The minimum atomic E-state index is -2.07. The third-order valence-electron chi connectivity index (χ3n) is 1.36. The number of carboxylic acid groups (broad SMARTS) is 1. The topological polar surface area (TPSA) is 70.2 Å². The zero-order valence-corrected chi connectivity index (χ0v) is 5.95. The van der Waals surface area contributed by atoms with E-state index in [4.69, 9.17) is 5.11 Å². The molecular formula is C7H7FKNO3. The van der Waals surface area contributed by atoms with E-state index in [0.717, 1.165) is 12.3 Å². The molecule has 1 heterocycles. The molecule has 13 heavy (non-hydrogen) atoms. The van der Waals surface area contributed by atoms with Crippen molar-refractivity contribution in [3.05, 3.63) is 23.5 Å². The summed E-state index contributed by atoms with van der Waals surface area (Å²) in [6.07, 6.45) is -0.435. The summed E-state index contributed by atoms with van der Waals surface area (Å²) < 4.78 is 12.7. The molecule has 0 aromatic carbocycles. The van der Waals surface area contributed by atoms with Crippen LogP contribution in [0.1, 0.15) is 22.2 Å². The van der Waals surface area contributed by atoms with Gasteiger partial charge < -0.3 is 10.1 Å².